The summed E-state index contributed by atoms with van der Waals surface area (Å²) in [7, 11) is 0. The number of nitrogens with zero attached hydrogens (tertiary/aromatic N) is 2. The second-order valence-electron chi connectivity index (χ2n) is 5.48. The molecule has 0 aromatic heterocycles. The second kappa shape index (κ2) is 6.14. The van der Waals surface area contributed by atoms with Crippen molar-refractivity contribution in [1.29, 1.82) is 0 Å². The van der Waals surface area contributed by atoms with E-state index < -0.39 is 0 Å². The lowest BCUT2D eigenvalue weighted by molar-refractivity contribution is -0.0545. The van der Waals surface area contributed by atoms with Gasteiger partial charge in [-0.15, -0.1) is 0 Å². The summed E-state index contributed by atoms with van der Waals surface area (Å²) in [5.74, 6) is 0.398. The van der Waals surface area contributed by atoms with Crippen LogP contribution in [0.3, 0.4) is 0 Å². The first-order chi connectivity index (χ1) is 8.19. The Morgan fingerprint density at radius 2 is 2.06 bits per heavy atom. The first kappa shape index (κ1) is 13.3. The largest absolute Gasteiger partial charge is 0.393 e. The number of piperidine rings is 1. The van der Waals surface area contributed by atoms with Gasteiger partial charge in [0.15, 0.2) is 0 Å². The topological polar surface area (TPSA) is 35.9 Å². The van der Waals surface area contributed by atoms with Crippen LogP contribution in [-0.2, 0) is 4.74 Å². The van der Waals surface area contributed by atoms with Gasteiger partial charge in [-0.1, -0.05) is 13.8 Å². The minimum Gasteiger partial charge on any atom is -0.393 e. The van der Waals surface area contributed by atoms with Crippen molar-refractivity contribution in [3.05, 3.63) is 0 Å². The molecule has 2 saturated heterocycles. The monoisotopic (exact) mass is 242 g/mol. The molecule has 4 nitrogen and oxygen atoms in total. The van der Waals surface area contributed by atoms with E-state index >= 15 is 0 Å². The summed E-state index contributed by atoms with van der Waals surface area (Å²) in [6, 6.07) is 0. The third-order valence-electron chi connectivity index (χ3n) is 4.08. The molecule has 100 valence electrons. The van der Waals surface area contributed by atoms with Crippen molar-refractivity contribution < 1.29 is 9.84 Å². The molecule has 2 aliphatic heterocycles. The van der Waals surface area contributed by atoms with E-state index in [1.165, 1.54) is 0 Å². The Balaban J connectivity index is 1.76. The van der Waals surface area contributed by atoms with Crippen LogP contribution >= 0.6 is 0 Å². The van der Waals surface area contributed by atoms with E-state index in [-0.39, 0.29) is 6.10 Å². The van der Waals surface area contributed by atoms with Crippen LogP contribution in [0.1, 0.15) is 20.3 Å². The van der Waals surface area contributed by atoms with E-state index in [9.17, 15) is 5.11 Å². The summed E-state index contributed by atoms with van der Waals surface area (Å²) in [6.45, 7) is 11.5. The maximum atomic E-state index is 9.72. The molecule has 2 heterocycles. The molecular formula is C13H26N2O2. The van der Waals surface area contributed by atoms with Crippen molar-refractivity contribution in [3.8, 4) is 0 Å². The predicted molar refractivity (Wildman–Crippen MR) is 68.1 cm³/mol. The van der Waals surface area contributed by atoms with Crippen molar-refractivity contribution >= 4 is 0 Å². The van der Waals surface area contributed by atoms with Crippen LogP contribution in [0.2, 0.25) is 0 Å². The molecule has 0 spiro atoms. The van der Waals surface area contributed by atoms with Crippen LogP contribution in [0.4, 0.5) is 0 Å². The number of rotatable bonds is 3. The van der Waals surface area contributed by atoms with Gasteiger partial charge in [0.25, 0.3) is 0 Å². The third kappa shape index (κ3) is 3.65. The minimum atomic E-state index is -0.106. The number of likely N-dealkylation sites (N-methyl/N-ethyl adjacent to an activating group) is 1. The first-order valence-corrected chi connectivity index (χ1v) is 6.93. The number of hydrogen-bond donors (Lipinski definition) is 1. The molecule has 3 atom stereocenters. The zero-order valence-electron chi connectivity index (χ0n) is 11.1. The fourth-order valence-corrected chi connectivity index (χ4v) is 2.85. The Morgan fingerprint density at radius 1 is 1.24 bits per heavy atom. The van der Waals surface area contributed by atoms with Crippen LogP contribution in [0, 0.1) is 5.92 Å². The van der Waals surface area contributed by atoms with E-state index in [4.69, 9.17) is 4.74 Å². The third-order valence-corrected chi connectivity index (χ3v) is 4.08. The molecule has 0 aromatic rings. The molecule has 2 rings (SSSR count). The molecular weight excluding hydrogens is 216 g/mol. The summed E-state index contributed by atoms with van der Waals surface area (Å²) in [6.07, 6.45) is 1.16. The van der Waals surface area contributed by atoms with E-state index in [2.05, 4.69) is 23.6 Å². The molecule has 0 saturated carbocycles. The molecule has 3 unspecified atom stereocenters. The van der Waals surface area contributed by atoms with Gasteiger partial charge in [-0.25, -0.2) is 0 Å². The summed E-state index contributed by atoms with van der Waals surface area (Å²) in [5, 5.41) is 9.72. The zero-order chi connectivity index (χ0) is 12.3. The van der Waals surface area contributed by atoms with Gasteiger partial charge in [0.05, 0.1) is 18.8 Å². The molecule has 2 fully saturated rings. The number of aliphatic hydroxyl groups excluding tert-OH is 1. The highest BCUT2D eigenvalue weighted by Gasteiger charge is 2.27. The lowest BCUT2D eigenvalue weighted by Gasteiger charge is -2.39. The van der Waals surface area contributed by atoms with Gasteiger partial charge in [-0.2, -0.15) is 0 Å². The van der Waals surface area contributed by atoms with Crippen molar-refractivity contribution in [2.45, 2.75) is 32.5 Å². The fourth-order valence-electron chi connectivity index (χ4n) is 2.85. The Bertz CT molecular complexity index is 233. The Labute approximate surface area is 105 Å². The summed E-state index contributed by atoms with van der Waals surface area (Å²) >= 11 is 0. The lowest BCUT2D eigenvalue weighted by Crippen LogP contribution is -2.50. The Morgan fingerprint density at radius 3 is 2.76 bits per heavy atom. The van der Waals surface area contributed by atoms with Gasteiger partial charge >= 0.3 is 0 Å². The van der Waals surface area contributed by atoms with Crippen LogP contribution in [-0.4, -0.2) is 73.0 Å². The van der Waals surface area contributed by atoms with Crippen LogP contribution in [0.15, 0.2) is 0 Å². The zero-order valence-corrected chi connectivity index (χ0v) is 11.1. The van der Waals surface area contributed by atoms with Crippen molar-refractivity contribution in [2.24, 2.45) is 5.92 Å². The van der Waals surface area contributed by atoms with E-state index in [0.29, 0.717) is 12.0 Å². The smallest absolute Gasteiger partial charge is 0.0829 e. The molecule has 0 aromatic carbocycles. The first-order valence-electron chi connectivity index (χ1n) is 6.93. The molecule has 0 amide bonds. The highest BCUT2D eigenvalue weighted by atomic mass is 16.5. The lowest BCUT2D eigenvalue weighted by atomic mass is 9.96. The van der Waals surface area contributed by atoms with Gasteiger partial charge in [0, 0.05) is 32.7 Å². The maximum Gasteiger partial charge on any atom is 0.0829 e. The number of hydrogen-bond acceptors (Lipinski definition) is 4. The molecule has 2 aliphatic rings. The molecule has 1 N–H and O–H groups in total. The standard InChI is InChI=1S/C13H26N2O2/c1-3-14-6-7-17-12(9-14)10-15-5-4-13(16)11(2)8-15/h11-13,16H,3-10H2,1-2H3. The molecule has 0 radical (unpaired) electrons. The van der Waals surface area contributed by atoms with Crippen molar-refractivity contribution in [2.75, 3.05) is 45.9 Å². The van der Waals surface area contributed by atoms with Crippen LogP contribution in [0.25, 0.3) is 0 Å². The highest BCUT2D eigenvalue weighted by Crippen LogP contribution is 2.17. The van der Waals surface area contributed by atoms with E-state index in [1.54, 1.807) is 0 Å². The normalized spacial score (nSPS) is 37.2. The molecule has 0 aliphatic carbocycles. The summed E-state index contributed by atoms with van der Waals surface area (Å²) in [4.78, 5) is 4.90. The fraction of sp³-hybridized carbons (Fsp3) is 1.00. The number of aliphatic hydroxyl groups is 1. The van der Waals surface area contributed by atoms with Gasteiger partial charge in [0.1, 0.15) is 0 Å². The van der Waals surface area contributed by atoms with Gasteiger partial charge in [0.2, 0.25) is 0 Å². The Hall–Kier alpha value is -0.160. The summed E-state index contributed by atoms with van der Waals surface area (Å²) < 4.78 is 5.83. The van der Waals surface area contributed by atoms with Crippen molar-refractivity contribution in [3.63, 3.8) is 0 Å². The molecule has 4 heteroatoms. The molecule has 17 heavy (non-hydrogen) atoms. The minimum absolute atomic E-state index is 0.106. The second-order valence-corrected chi connectivity index (χ2v) is 5.48. The average Bonchev–Trinajstić information content (AvgIpc) is 2.34. The van der Waals surface area contributed by atoms with Gasteiger partial charge < -0.3 is 14.7 Å². The predicted octanol–water partition coefficient (Wildman–Crippen LogP) is 0.410. The van der Waals surface area contributed by atoms with Crippen molar-refractivity contribution in [1.82, 2.24) is 9.80 Å². The van der Waals surface area contributed by atoms with Crippen LogP contribution < -0.4 is 0 Å². The van der Waals surface area contributed by atoms with E-state index in [1.807, 2.05) is 0 Å². The highest BCUT2D eigenvalue weighted by molar-refractivity contribution is 4.81. The number of ether oxygens (including phenoxy) is 1. The number of morpholine rings is 1. The average molecular weight is 242 g/mol. The SMILES string of the molecule is CCN1CCOC(CN2CCC(O)C(C)C2)C1. The molecule has 0 bridgehead atoms. The quantitative estimate of drug-likeness (QED) is 0.777. The number of likely N-dealkylation sites (tertiary alicyclic amines) is 1. The van der Waals surface area contributed by atoms with Gasteiger partial charge in [-0.05, 0) is 18.9 Å². The van der Waals surface area contributed by atoms with E-state index in [0.717, 1.165) is 52.3 Å². The van der Waals surface area contributed by atoms with Crippen LogP contribution in [0.5, 0.6) is 0 Å². The summed E-state index contributed by atoms with van der Waals surface area (Å²) in [5.41, 5.74) is 0. The Kier molecular flexibility index (Phi) is 4.79. The van der Waals surface area contributed by atoms with Gasteiger partial charge in [-0.3, -0.25) is 4.90 Å². The maximum absolute atomic E-state index is 9.72.